The molecular formula is C5H10N4O3S. The maximum atomic E-state index is 10.7. The lowest BCUT2D eigenvalue weighted by Gasteiger charge is -1.93. The number of H-pyrrole nitrogens is 1. The molecule has 0 saturated heterocycles. The molecule has 0 radical (unpaired) electrons. The molecule has 74 valence electrons. The van der Waals surface area contributed by atoms with E-state index < -0.39 is 15.2 Å². The van der Waals surface area contributed by atoms with E-state index in [1.807, 2.05) is 6.92 Å². The third-order valence-electron chi connectivity index (χ3n) is 1.21. The number of nitrogens with zero attached hydrogens (tertiary/aromatic N) is 2. The Morgan fingerprint density at radius 3 is 2.77 bits per heavy atom. The van der Waals surface area contributed by atoms with Crippen LogP contribution in [0.4, 0.5) is 0 Å². The van der Waals surface area contributed by atoms with Crippen molar-refractivity contribution in [1.82, 2.24) is 15.2 Å². The van der Waals surface area contributed by atoms with Crippen molar-refractivity contribution in [2.45, 2.75) is 18.7 Å². The molecule has 0 unspecified atom stereocenters. The molecule has 1 aromatic rings. The number of aromatic amines is 1. The molecule has 7 nitrogen and oxygen atoms in total. The van der Waals surface area contributed by atoms with Crippen molar-refractivity contribution in [3.63, 3.8) is 0 Å². The summed E-state index contributed by atoms with van der Waals surface area (Å²) in [6, 6.07) is 0. The zero-order valence-corrected chi connectivity index (χ0v) is 7.84. The first-order valence-corrected chi connectivity index (χ1v) is 5.10. The van der Waals surface area contributed by atoms with Gasteiger partial charge in [0.15, 0.2) is 5.82 Å². The van der Waals surface area contributed by atoms with Crippen LogP contribution in [0.5, 0.6) is 0 Å². The SMILES string of the molecule is CCOCc1nc(S(N)(=O)=O)n[nH]1. The molecule has 0 spiro atoms. The first-order chi connectivity index (χ1) is 6.04. The maximum absolute atomic E-state index is 10.7. The number of hydrogen-bond acceptors (Lipinski definition) is 5. The normalized spacial score (nSPS) is 11.8. The number of sulfonamides is 1. The number of ether oxygens (including phenoxy) is 1. The van der Waals surface area contributed by atoms with Crippen LogP contribution in [-0.2, 0) is 21.4 Å². The van der Waals surface area contributed by atoms with E-state index in [0.29, 0.717) is 12.4 Å². The monoisotopic (exact) mass is 206 g/mol. The third kappa shape index (κ3) is 2.76. The number of primary sulfonamides is 1. The molecule has 8 heteroatoms. The summed E-state index contributed by atoms with van der Waals surface area (Å²) in [5, 5.41) is 10.2. The van der Waals surface area contributed by atoms with Crippen LogP contribution in [0.25, 0.3) is 0 Å². The summed E-state index contributed by atoms with van der Waals surface area (Å²) in [4.78, 5) is 3.61. The topological polar surface area (TPSA) is 111 Å². The van der Waals surface area contributed by atoms with Crippen LogP contribution in [0, 0.1) is 0 Å². The Labute approximate surface area is 75.4 Å². The van der Waals surface area contributed by atoms with Gasteiger partial charge in [-0.3, -0.25) is 5.10 Å². The Balaban J connectivity index is 2.76. The lowest BCUT2D eigenvalue weighted by molar-refractivity contribution is 0.128. The molecule has 1 aromatic heterocycles. The molecule has 1 heterocycles. The van der Waals surface area contributed by atoms with E-state index in [1.165, 1.54) is 0 Å². The predicted octanol–water partition coefficient (Wildman–Crippen LogP) is -1.01. The first kappa shape index (κ1) is 10.1. The van der Waals surface area contributed by atoms with Crippen molar-refractivity contribution in [1.29, 1.82) is 0 Å². The number of hydrogen-bond donors (Lipinski definition) is 2. The van der Waals surface area contributed by atoms with Crippen molar-refractivity contribution in [3.8, 4) is 0 Å². The van der Waals surface area contributed by atoms with E-state index in [4.69, 9.17) is 9.88 Å². The second kappa shape index (κ2) is 3.81. The van der Waals surface area contributed by atoms with E-state index in [1.54, 1.807) is 0 Å². The van der Waals surface area contributed by atoms with Crippen LogP contribution < -0.4 is 5.14 Å². The van der Waals surface area contributed by atoms with Gasteiger partial charge >= 0.3 is 0 Å². The van der Waals surface area contributed by atoms with Gasteiger partial charge in [0, 0.05) is 6.61 Å². The highest BCUT2D eigenvalue weighted by molar-refractivity contribution is 7.89. The van der Waals surface area contributed by atoms with Gasteiger partial charge in [0.25, 0.3) is 15.2 Å². The van der Waals surface area contributed by atoms with E-state index in [9.17, 15) is 8.42 Å². The van der Waals surface area contributed by atoms with Crippen molar-refractivity contribution < 1.29 is 13.2 Å². The predicted molar refractivity (Wildman–Crippen MR) is 43.1 cm³/mol. The first-order valence-electron chi connectivity index (χ1n) is 3.56. The summed E-state index contributed by atoms with van der Waals surface area (Å²) in [5.74, 6) is 0.339. The molecule has 0 amide bonds. The Morgan fingerprint density at radius 2 is 2.31 bits per heavy atom. The highest BCUT2D eigenvalue weighted by Gasteiger charge is 2.14. The second-order valence-electron chi connectivity index (χ2n) is 2.25. The molecule has 1 rings (SSSR count). The Morgan fingerprint density at radius 1 is 1.62 bits per heavy atom. The quantitative estimate of drug-likeness (QED) is 0.655. The van der Waals surface area contributed by atoms with Crippen molar-refractivity contribution in [3.05, 3.63) is 5.82 Å². The van der Waals surface area contributed by atoms with Crippen molar-refractivity contribution in [2.75, 3.05) is 6.61 Å². The number of rotatable bonds is 4. The minimum absolute atomic E-state index is 0.193. The van der Waals surface area contributed by atoms with Gasteiger partial charge in [0.1, 0.15) is 6.61 Å². The van der Waals surface area contributed by atoms with Gasteiger partial charge in [-0.2, -0.15) is 4.98 Å². The molecule has 3 N–H and O–H groups in total. The van der Waals surface area contributed by atoms with Crippen LogP contribution in [0.15, 0.2) is 5.16 Å². The lowest BCUT2D eigenvalue weighted by atomic mass is 10.7. The molecule has 0 aliphatic carbocycles. The molecule has 0 aliphatic heterocycles. The van der Waals surface area contributed by atoms with E-state index >= 15 is 0 Å². The average Bonchev–Trinajstić information content (AvgIpc) is 2.47. The summed E-state index contributed by atoms with van der Waals surface area (Å²) < 4.78 is 26.4. The van der Waals surface area contributed by atoms with Gasteiger partial charge < -0.3 is 4.74 Å². The van der Waals surface area contributed by atoms with Gasteiger partial charge in [0.05, 0.1) is 0 Å². The Bertz CT molecular complexity index is 371. The maximum Gasteiger partial charge on any atom is 0.282 e. The lowest BCUT2D eigenvalue weighted by Crippen LogP contribution is -2.14. The number of aromatic nitrogens is 3. The van der Waals surface area contributed by atoms with Gasteiger partial charge in [-0.05, 0) is 6.92 Å². The molecule has 0 aromatic carbocycles. The Kier molecular flexibility index (Phi) is 2.96. The van der Waals surface area contributed by atoms with Crippen LogP contribution in [-0.4, -0.2) is 30.2 Å². The third-order valence-corrected chi connectivity index (χ3v) is 1.90. The molecule has 0 bridgehead atoms. The van der Waals surface area contributed by atoms with Gasteiger partial charge in [-0.1, -0.05) is 0 Å². The minimum atomic E-state index is -3.82. The summed E-state index contributed by atoms with van der Waals surface area (Å²) in [6.45, 7) is 2.53. The van der Waals surface area contributed by atoms with Crippen molar-refractivity contribution >= 4 is 10.0 Å². The summed E-state index contributed by atoms with van der Waals surface area (Å²) in [5.41, 5.74) is 0. The second-order valence-corrected chi connectivity index (χ2v) is 3.70. The van der Waals surface area contributed by atoms with Gasteiger partial charge in [-0.25, -0.2) is 13.6 Å². The number of nitrogens with two attached hydrogens (primary N) is 1. The van der Waals surface area contributed by atoms with E-state index in [2.05, 4.69) is 15.2 Å². The molecular weight excluding hydrogens is 196 g/mol. The molecule has 0 fully saturated rings. The molecule has 0 aliphatic rings. The minimum Gasteiger partial charge on any atom is -0.374 e. The summed E-state index contributed by atoms with van der Waals surface area (Å²) in [6.07, 6.45) is 0. The zero-order valence-electron chi connectivity index (χ0n) is 7.02. The zero-order chi connectivity index (χ0) is 9.90. The fraction of sp³-hybridized carbons (Fsp3) is 0.600. The molecule has 0 saturated carbocycles. The van der Waals surface area contributed by atoms with E-state index in [0.717, 1.165) is 0 Å². The highest BCUT2D eigenvalue weighted by atomic mass is 32.2. The summed E-state index contributed by atoms with van der Waals surface area (Å²) >= 11 is 0. The average molecular weight is 206 g/mol. The fourth-order valence-corrected chi connectivity index (χ4v) is 1.08. The molecule has 0 atom stereocenters. The van der Waals surface area contributed by atoms with Gasteiger partial charge in [0.2, 0.25) is 0 Å². The largest absolute Gasteiger partial charge is 0.374 e. The molecule has 13 heavy (non-hydrogen) atoms. The Hall–Kier alpha value is -0.990. The fourth-order valence-electron chi connectivity index (χ4n) is 0.668. The standard InChI is InChI=1S/C5H10N4O3S/c1-2-12-3-4-7-5(9-8-4)13(6,10)11/h2-3H2,1H3,(H2,6,10,11)(H,7,8,9). The highest BCUT2D eigenvalue weighted by Crippen LogP contribution is 1.99. The number of nitrogens with one attached hydrogen (secondary N) is 1. The van der Waals surface area contributed by atoms with Crippen LogP contribution in [0.2, 0.25) is 0 Å². The van der Waals surface area contributed by atoms with Crippen LogP contribution in [0.3, 0.4) is 0 Å². The van der Waals surface area contributed by atoms with Crippen LogP contribution in [0.1, 0.15) is 12.7 Å². The van der Waals surface area contributed by atoms with Crippen LogP contribution >= 0.6 is 0 Å². The smallest absolute Gasteiger partial charge is 0.282 e. The van der Waals surface area contributed by atoms with Crippen molar-refractivity contribution in [2.24, 2.45) is 5.14 Å². The van der Waals surface area contributed by atoms with Gasteiger partial charge in [-0.15, -0.1) is 5.10 Å². The summed E-state index contributed by atoms with van der Waals surface area (Å²) in [7, 11) is -3.82. The van der Waals surface area contributed by atoms with E-state index in [-0.39, 0.29) is 6.61 Å².